The van der Waals surface area contributed by atoms with Crippen LogP contribution in [0.5, 0.6) is 0 Å². The van der Waals surface area contributed by atoms with Crippen LogP contribution in [0.15, 0.2) is 70.5 Å². The van der Waals surface area contributed by atoms with Gasteiger partial charge in [0.05, 0.1) is 0 Å². The van der Waals surface area contributed by atoms with Gasteiger partial charge in [-0.25, -0.2) is 8.61 Å². The molecule has 2 fully saturated rings. The van der Waals surface area contributed by atoms with Gasteiger partial charge in [-0.1, -0.05) is 62.1 Å². The summed E-state index contributed by atoms with van der Waals surface area (Å²) < 4.78 is 17.0. The number of hydrogen-bond donors (Lipinski definition) is 0. The fourth-order valence-corrected chi connectivity index (χ4v) is 10.2. The summed E-state index contributed by atoms with van der Waals surface area (Å²) in [6, 6.07) is 21.0. The summed E-state index contributed by atoms with van der Waals surface area (Å²) >= 11 is 3.60. The molecule has 266 valence electrons. The van der Waals surface area contributed by atoms with Gasteiger partial charge in [0.1, 0.15) is 12.2 Å². The summed E-state index contributed by atoms with van der Waals surface area (Å²) in [6.45, 7) is 18.0. The minimum Gasteiger partial charge on any atom is -0.462 e. The van der Waals surface area contributed by atoms with Crippen LogP contribution in [-0.2, 0) is 19.1 Å². The van der Waals surface area contributed by atoms with E-state index in [2.05, 4.69) is 113 Å². The number of esters is 2. The second-order valence-corrected chi connectivity index (χ2v) is 18.3. The molecule has 0 aromatic heterocycles. The Morgan fingerprint density at radius 1 is 0.542 bits per heavy atom. The minimum atomic E-state index is -0.105. The van der Waals surface area contributed by atoms with Gasteiger partial charge in [-0.05, 0) is 116 Å². The Balaban J connectivity index is 1.08. The number of ether oxygens (including phenoxy) is 2. The van der Waals surface area contributed by atoms with Gasteiger partial charge in [0.2, 0.25) is 0 Å². The zero-order valence-corrected chi connectivity index (χ0v) is 32.4. The van der Waals surface area contributed by atoms with Crippen molar-refractivity contribution in [2.24, 2.45) is 0 Å². The Kier molecular flexibility index (Phi) is 13.6. The molecule has 0 amide bonds. The van der Waals surface area contributed by atoms with Crippen molar-refractivity contribution in [3.05, 3.63) is 60.7 Å². The highest BCUT2D eigenvalue weighted by molar-refractivity contribution is 7.97. The largest absolute Gasteiger partial charge is 0.462 e. The van der Waals surface area contributed by atoms with Crippen LogP contribution in [0.2, 0.25) is 0 Å². The Morgan fingerprint density at radius 3 is 1.15 bits per heavy atom. The summed E-state index contributed by atoms with van der Waals surface area (Å²) in [5.74, 6) is -0.149. The first-order chi connectivity index (χ1) is 22.6. The average molecular weight is 697 g/mol. The molecule has 8 heteroatoms. The lowest BCUT2D eigenvalue weighted by Gasteiger charge is -2.53. The molecule has 4 rings (SSSR count). The molecule has 2 aromatic carbocycles. The van der Waals surface area contributed by atoms with Gasteiger partial charge in [-0.2, -0.15) is 0 Å². The molecular formula is C40H60N2O4S2. The number of piperidine rings is 2. The van der Waals surface area contributed by atoms with E-state index in [0.717, 1.165) is 64.2 Å². The number of benzene rings is 2. The number of unbranched alkanes of at least 4 members (excludes halogenated alkanes) is 5. The molecular weight excluding hydrogens is 637 g/mol. The zero-order valence-electron chi connectivity index (χ0n) is 30.8. The van der Waals surface area contributed by atoms with Gasteiger partial charge in [-0.3, -0.25) is 9.59 Å². The van der Waals surface area contributed by atoms with Crippen molar-refractivity contribution in [1.82, 2.24) is 8.61 Å². The van der Waals surface area contributed by atoms with E-state index in [0.29, 0.717) is 12.8 Å². The van der Waals surface area contributed by atoms with Gasteiger partial charge in [0, 0.05) is 70.5 Å². The molecule has 0 radical (unpaired) electrons. The van der Waals surface area contributed by atoms with Crippen molar-refractivity contribution in [2.75, 3.05) is 0 Å². The summed E-state index contributed by atoms with van der Waals surface area (Å²) in [5.41, 5.74) is -0.420. The molecule has 0 aliphatic carbocycles. The highest BCUT2D eigenvalue weighted by atomic mass is 32.2. The Morgan fingerprint density at radius 2 is 0.833 bits per heavy atom. The lowest BCUT2D eigenvalue weighted by molar-refractivity contribution is -0.157. The summed E-state index contributed by atoms with van der Waals surface area (Å²) in [7, 11) is 0. The smallest absolute Gasteiger partial charge is 0.306 e. The van der Waals surface area contributed by atoms with E-state index in [4.69, 9.17) is 9.47 Å². The number of hydrogen-bond acceptors (Lipinski definition) is 8. The van der Waals surface area contributed by atoms with Gasteiger partial charge in [-0.15, -0.1) is 0 Å². The molecule has 0 N–H and O–H groups in total. The predicted octanol–water partition coefficient (Wildman–Crippen LogP) is 10.7. The number of rotatable bonds is 15. The molecule has 0 bridgehead atoms. The maximum absolute atomic E-state index is 12.8. The van der Waals surface area contributed by atoms with E-state index >= 15 is 0 Å². The van der Waals surface area contributed by atoms with Crippen molar-refractivity contribution >= 4 is 35.8 Å². The van der Waals surface area contributed by atoms with Crippen LogP contribution in [0.4, 0.5) is 0 Å². The van der Waals surface area contributed by atoms with E-state index in [9.17, 15) is 9.59 Å². The van der Waals surface area contributed by atoms with Crippen molar-refractivity contribution < 1.29 is 19.1 Å². The third-order valence-electron chi connectivity index (χ3n) is 9.60. The van der Waals surface area contributed by atoms with Crippen LogP contribution >= 0.6 is 23.9 Å². The topological polar surface area (TPSA) is 59.1 Å². The molecule has 0 unspecified atom stereocenters. The maximum Gasteiger partial charge on any atom is 0.306 e. The molecule has 6 nitrogen and oxygen atoms in total. The second kappa shape index (κ2) is 16.8. The third-order valence-corrected chi connectivity index (χ3v) is 12.9. The first kappa shape index (κ1) is 38.8. The van der Waals surface area contributed by atoms with Gasteiger partial charge in [0.15, 0.2) is 0 Å². The molecule has 2 aromatic rings. The van der Waals surface area contributed by atoms with E-state index in [1.54, 1.807) is 23.9 Å². The predicted molar refractivity (Wildman–Crippen MR) is 200 cm³/mol. The van der Waals surface area contributed by atoms with Crippen LogP contribution in [-0.4, -0.2) is 54.9 Å². The second-order valence-electron chi connectivity index (χ2n) is 16.3. The van der Waals surface area contributed by atoms with Gasteiger partial charge in [0.25, 0.3) is 0 Å². The molecule has 2 aliphatic heterocycles. The Labute approximate surface area is 299 Å². The summed E-state index contributed by atoms with van der Waals surface area (Å²) in [5, 5.41) is 0. The summed E-state index contributed by atoms with van der Waals surface area (Å²) in [6.07, 6.45) is 9.97. The number of nitrogens with zero attached hydrogens (tertiary/aromatic N) is 2. The van der Waals surface area contributed by atoms with E-state index in [1.807, 2.05) is 12.1 Å². The highest BCUT2D eigenvalue weighted by Crippen LogP contribution is 2.47. The van der Waals surface area contributed by atoms with E-state index in [1.165, 1.54) is 9.79 Å². The first-order valence-electron chi connectivity index (χ1n) is 18.0. The monoisotopic (exact) mass is 696 g/mol. The minimum absolute atomic E-state index is 0.0623. The highest BCUT2D eigenvalue weighted by Gasteiger charge is 2.48. The average Bonchev–Trinajstić information content (AvgIpc) is 2.98. The van der Waals surface area contributed by atoms with Crippen LogP contribution < -0.4 is 0 Å². The Hall–Kier alpha value is -2.00. The van der Waals surface area contributed by atoms with Crippen molar-refractivity contribution in [2.45, 2.75) is 177 Å². The fraction of sp³-hybridized carbons (Fsp3) is 0.650. The SMILES string of the molecule is CC1(C)CC(OC(=O)CCCCCCCCC(=O)OC2CC(C)(C)N(Sc3ccccc3)C(C)(C)C2)CC(C)(C)N1Sc1ccccc1. The van der Waals surface area contributed by atoms with Gasteiger partial charge < -0.3 is 9.47 Å². The van der Waals surface area contributed by atoms with E-state index in [-0.39, 0.29) is 46.3 Å². The lowest BCUT2D eigenvalue weighted by Crippen LogP contribution is -2.59. The van der Waals surface area contributed by atoms with Crippen molar-refractivity contribution in [3.63, 3.8) is 0 Å². The summed E-state index contributed by atoms with van der Waals surface area (Å²) in [4.78, 5) is 28.0. The van der Waals surface area contributed by atoms with Crippen molar-refractivity contribution in [1.29, 1.82) is 0 Å². The quantitative estimate of drug-likeness (QED) is 0.104. The number of carbonyl (C=O) groups excluding carboxylic acids is 2. The number of carbonyl (C=O) groups is 2. The third kappa shape index (κ3) is 11.3. The molecule has 0 atom stereocenters. The molecule has 2 aliphatic rings. The van der Waals surface area contributed by atoms with Crippen molar-refractivity contribution in [3.8, 4) is 0 Å². The maximum atomic E-state index is 12.8. The fourth-order valence-electron chi connectivity index (χ4n) is 7.91. The van der Waals surface area contributed by atoms with Crippen LogP contribution in [0.25, 0.3) is 0 Å². The Bertz CT molecular complexity index is 1180. The van der Waals surface area contributed by atoms with Crippen LogP contribution in [0.1, 0.15) is 132 Å². The molecule has 48 heavy (non-hydrogen) atoms. The normalized spacial score (nSPS) is 21.1. The van der Waals surface area contributed by atoms with Crippen LogP contribution in [0.3, 0.4) is 0 Å². The molecule has 2 heterocycles. The van der Waals surface area contributed by atoms with Crippen LogP contribution in [0, 0.1) is 0 Å². The lowest BCUT2D eigenvalue weighted by atomic mass is 9.81. The van der Waals surface area contributed by atoms with Gasteiger partial charge >= 0.3 is 11.9 Å². The molecule has 0 spiro atoms. The van der Waals surface area contributed by atoms with E-state index < -0.39 is 0 Å². The standard InChI is InChI=1S/C40H60N2O4S2/c1-37(2)27-31(28-38(3,4)41(37)47-33-21-15-13-16-22-33)45-35(43)25-19-11-9-10-12-20-26-36(44)46-32-29-39(5,6)42(40(7,8)30-32)48-34-23-17-14-18-24-34/h13-18,21-24,31-32H,9-12,19-20,25-30H2,1-8H3. The first-order valence-corrected chi connectivity index (χ1v) is 19.6. The molecule has 2 saturated heterocycles. The molecule has 0 saturated carbocycles. The zero-order chi connectivity index (χ0) is 35.0.